The predicted octanol–water partition coefficient (Wildman–Crippen LogP) is 1.54. The zero-order chi connectivity index (χ0) is 17.3. The standard InChI is InChI=1S/C16H23FN2O3S/c1-16(2,18-23(3,21)22)15(20)19-9-8-13(11-19)10-12-4-6-14(17)7-5-12/h4-7,13,18H,8-11H2,1-3H3/t13-/m1/s1. The summed E-state index contributed by atoms with van der Waals surface area (Å²) < 4.78 is 38.1. The Kier molecular flexibility index (Phi) is 5.10. The molecule has 1 N–H and O–H groups in total. The Balaban J connectivity index is 1.96. The van der Waals surface area contributed by atoms with E-state index in [0.717, 1.165) is 24.7 Å². The van der Waals surface area contributed by atoms with Gasteiger partial charge in [0, 0.05) is 13.1 Å². The van der Waals surface area contributed by atoms with Crippen LogP contribution in [0.3, 0.4) is 0 Å². The Morgan fingerprint density at radius 1 is 1.35 bits per heavy atom. The Labute approximate surface area is 136 Å². The summed E-state index contributed by atoms with van der Waals surface area (Å²) in [5.41, 5.74) is -0.113. The Hall–Kier alpha value is -1.47. The Morgan fingerprint density at radius 2 is 1.96 bits per heavy atom. The van der Waals surface area contributed by atoms with E-state index >= 15 is 0 Å². The molecule has 1 aromatic carbocycles. The number of sulfonamides is 1. The van der Waals surface area contributed by atoms with Gasteiger partial charge in [-0.1, -0.05) is 12.1 Å². The summed E-state index contributed by atoms with van der Waals surface area (Å²) in [7, 11) is -3.46. The minimum atomic E-state index is -3.46. The van der Waals surface area contributed by atoms with E-state index < -0.39 is 15.6 Å². The summed E-state index contributed by atoms with van der Waals surface area (Å²) in [6.45, 7) is 4.35. The third kappa shape index (κ3) is 5.00. The number of carbonyl (C=O) groups excluding carboxylic acids is 1. The third-order valence-electron chi connectivity index (χ3n) is 3.99. The van der Waals surface area contributed by atoms with Gasteiger partial charge in [0.1, 0.15) is 11.4 Å². The van der Waals surface area contributed by atoms with Crippen molar-refractivity contribution in [2.45, 2.75) is 32.2 Å². The van der Waals surface area contributed by atoms with Crippen LogP contribution in [0, 0.1) is 11.7 Å². The van der Waals surface area contributed by atoms with Gasteiger partial charge >= 0.3 is 0 Å². The average Bonchev–Trinajstić information content (AvgIpc) is 2.86. The number of rotatable bonds is 5. The zero-order valence-corrected chi connectivity index (χ0v) is 14.5. The first-order chi connectivity index (χ1) is 10.6. The van der Waals surface area contributed by atoms with Crippen LogP contribution in [-0.2, 0) is 21.2 Å². The van der Waals surface area contributed by atoms with Crippen molar-refractivity contribution in [2.75, 3.05) is 19.3 Å². The maximum absolute atomic E-state index is 12.9. The van der Waals surface area contributed by atoms with Gasteiger partial charge in [0.25, 0.3) is 0 Å². The van der Waals surface area contributed by atoms with Crippen molar-refractivity contribution in [2.24, 2.45) is 5.92 Å². The van der Waals surface area contributed by atoms with E-state index in [2.05, 4.69) is 4.72 Å². The van der Waals surface area contributed by atoms with E-state index in [1.54, 1.807) is 30.9 Å². The lowest BCUT2D eigenvalue weighted by Gasteiger charge is -2.29. The lowest BCUT2D eigenvalue weighted by atomic mass is 9.98. The average molecular weight is 342 g/mol. The van der Waals surface area contributed by atoms with E-state index in [1.165, 1.54) is 12.1 Å². The molecule has 2 rings (SSSR count). The topological polar surface area (TPSA) is 66.5 Å². The molecular weight excluding hydrogens is 319 g/mol. The molecule has 1 aliphatic heterocycles. The normalized spacial score (nSPS) is 19.1. The van der Waals surface area contributed by atoms with Crippen LogP contribution >= 0.6 is 0 Å². The van der Waals surface area contributed by atoms with Crippen molar-refractivity contribution in [3.63, 3.8) is 0 Å². The first kappa shape index (κ1) is 17.9. The molecule has 0 radical (unpaired) electrons. The fourth-order valence-corrected chi connectivity index (χ4v) is 4.05. The SMILES string of the molecule is CC(C)(NS(C)(=O)=O)C(=O)N1CC[C@H](Cc2ccc(F)cc2)C1. The molecule has 0 aromatic heterocycles. The van der Waals surface area contributed by atoms with Crippen LogP contribution in [0.15, 0.2) is 24.3 Å². The second kappa shape index (κ2) is 6.57. The number of nitrogens with zero attached hydrogens (tertiary/aromatic N) is 1. The second-order valence-corrected chi connectivity index (χ2v) is 8.48. The van der Waals surface area contributed by atoms with Crippen molar-refractivity contribution in [3.05, 3.63) is 35.6 Å². The molecule has 0 spiro atoms. The highest BCUT2D eigenvalue weighted by Crippen LogP contribution is 2.23. The van der Waals surface area contributed by atoms with Crippen molar-refractivity contribution >= 4 is 15.9 Å². The fourth-order valence-electron chi connectivity index (χ4n) is 3.04. The van der Waals surface area contributed by atoms with Crippen LogP contribution in [0.1, 0.15) is 25.8 Å². The molecule has 1 aromatic rings. The summed E-state index contributed by atoms with van der Waals surface area (Å²) in [6.07, 6.45) is 2.69. The van der Waals surface area contributed by atoms with Crippen LogP contribution in [0.4, 0.5) is 4.39 Å². The minimum Gasteiger partial charge on any atom is -0.341 e. The number of hydrogen-bond donors (Lipinski definition) is 1. The molecule has 1 saturated heterocycles. The van der Waals surface area contributed by atoms with Gasteiger partial charge in [-0.15, -0.1) is 0 Å². The smallest absolute Gasteiger partial charge is 0.243 e. The number of amides is 1. The monoisotopic (exact) mass is 342 g/mol. The Bertz CT molecular complexity index is 671. The summed E-state index contributed by atoms with van der Waals surface area (Å²) in [6, 6.07) is 6.39. The maximum Gasteiger partial charge on any atom is 0.243 e. The lowest BCUT2D eigenvalue weighted by molar-refractivity contribution is -0.135. The van der Waals surface area contributed by atoms with Crippen molar-refractivity contribution in [3.8, 4) is 0 Å². The lowest BCUT2D eigenvalue weighted by Crippen LogP contribution is -2.55. The molecule has 1 atom stereocenters. The van der Waals surface area contributed by atoms with Crippen molar-refractivity contribution < 1.29 is 17.6 Å². The number of hydrogen-bond acceptors (Lipinski definition) is 3. The molecule has 0 unspecified atom stereocenters. The first-order valence-corrected chi connectivity index (χ1v) is 9.49. The van der Waals surface area contributed by atoms with Gasteiger partial charge in [-0.2, -0.15) is 0 Å². The largest absolute Gasteiger partial charge is 0.341 e. The summed E-state index contributed by atoms with van der Waals surface area (Å²) in [5, 5.41) is 0. The van der Waals surface area contributed by atoms with E-state index in [0.29, 0.717) is 19.0 Å². The number of likely N-dealkylation sites (tertiary alicyclic amines) is 1. The fraction of sp³-hybridized carbons (Fsp3) is 0.562. The number of carbonyl (C=O) groups is 1. The predicted molar refractivity (Wildman–Crippen MR) is 86.8 cm³/mol. The van der Waals surface area contributed by atoms with E-state index in [9.17, 15) is 17.6 Å². The van der Waals surface area contributed by atoms with Crippen LogP contribution in [0.5, 0.6) is 0 Å². The second-order valence-electron chi connectivity index (χ2n) is 6.74. The van der Waals surface area contributed by atoms with Crippen LogP contribution < -0.4 is 4.72 Å². The van der Waals surface area contributed by atoms with Crippen molar-refractivity contribution in [1.82, 2.24) is 9.62 Å². The summed E-state index contributed by atoms with van der Waals surface area (Å²) >= 11 is 0. The molecule has 7 heteroatoms. The van der Waals surface area contributed by atoms with Gasteiger partial charge in [0.2, 0.25) is 15.9 Å². The number of nitrogens with one attached hydrogen (secondary N) is 1. The van der Waals surface area contributed by atoms with Gasteiger partial charge in [-0.3, -0.25) is 4.79 Å². The van der Waals surface area contributed by atoms with Crippen LogP contribution in [0.2, 0.25) is 0 Å². The van der Waals surface area contributed by atoms with Gasteiger partial charge < -0.3 is 4.90 Å². The number of benzene rings is 1. The highest BCUT2D eigenvalue weighted by atomic mass is 32.2. The third-order valence-corrected chi connectivity index (χ3v) is 4.87. The molecular formula is C16H23FN2O3S. The van der Waals surface area contributed by atoms with E-state index in [4.69, 9.17) is 0 Å². The Morgan fingerprint density at radius 3 is 2.52 bits per heavy atom. The molecule has 128 valence electrons. The van der Waals surface area contributed by atoms with Gasteiger partial charge in [0.15, 0.2) is 0 Å². The molecule has 5 nitrogen and oxygen atoms in total. The van der Waals surface area contributed by atoms with E-state index in [1.807, 2.05) is 0 Å². The molecule has 23 heavy (non-hydrogen) atoms. The quantitative estimate of drug-likeness (QED) is 0.883. The summed E-state index contributed by atoms with van der Waals surface area (Å²) in [4.78, 5) is 14.2. The molecule has 1 aliphatic rings. The molecule has 0 bridgehead atoms. The molecule has 1 fully saturated rings. The molecule has 0 saturated carbocycles. The zero-order valence-electron chi connectivity index (χ0n) is 13.7. The molecule has 0 aliphatic carbocycles. The molecule has 1 heterocycles. The maximum atomic E-state index is 12.9. The number of halogens is 1. The van der Waals surface area contributed by atoms with Crippen LogP contribution in [-0.4, -0.2) is 44.1 Å². The van der Waals surface area contributed by atoms with Crippen LogP contribution in [0.25, 0.3) is 0 Å². The van der Waals surface area contributed by atoms with Crippen molar-refractivity contribution in [1.29, 1.82) is 0 Å². The van der Waals surface area contributed by atoms with Gasteiger partial charge in [-0.05, 0) is 50.3 Å². The summed E-state index contributed by atoms with van der Waals surface area (Å²) in [5.74, 6) is -0.173. The highest BCUT2D eigenvalue weighted by molar-refractivity contribution is 7.88. The molecule has 1 amide bonds. The first-order valence-electron chi connectivity index (χ1n) is 7.59. The van der Waals surface area contributed by atoms with Gasteiger partial charge in [0.05, 0.1) is 6.26 Å². The van der Waals surface area contributed by atoms with E-state index in [-0.39, 0.29) is 11.7 Å². The van der Waals surface area contributed by atoms with Gasteiger partial charge in [-0.25, -0.2) is 17.5 Å². The highest BCUT2D eigenvalue weighted by Gasteiger charge is 2.37. The minimum absolute atomic E-state index is 0.218.